The van der Waals surface area contributed by atoms with Gasteiger partial charge in [0.15, 0.2) is 5.54 Å². The third-order valence-corrected chi connectivity index (χ3v) is 7.69. The molecule has 0 aliphatic heterocycles. The van der Waals surface area contributed by atoms with Crippen LogP contribution in [0.15, 0.2) is 30.5 Å². The van der Waals surface area contributed by atoms with Crippen molar-refractivity contribution in [3.8, 4) is 11.3 Å². The van der Waals surface area contributed by atoms with Crippen LogP contribution in [0, 0.1) is 5.41 Å². The van der Waals surface area contributed by atoms with E-state index in [4.69, 9.17) is 4.74 Å². The monoisotopic (exact) mass is 528 g/mol. The summed E-state index contributed by atoms with van der Waals surface area (Å²) < 4.78 is 62.8. The van der Waals surface area contributed by atoms with Crippen LogP contribution in [0.3, 0.4) is 0 Å². The van der Waals surface area contributed by atoms with Gasteiger partial charge in [-0.05, 0) is 59.4 Å². The van der Waals surface area contributed by atoms with Crippen molar-refractivity contribution < 1.29 is 27.3 Å². The van der Waals surface area contributed by atoms with Gasteiger partial charge in [0.25, 0.3) is 0 Å². The van der Waals surface area contributed by atoms with E-state index in [1.54, 1.807) is 69.9 Å². The van der Waals surface area contributed by atoms with Gasteiger partial charge in [0.2, 0.25) is 0 Å². The van der Waals surface area contributed by atoms with E-state index in [-0.39, 0.29) is 5.56 Å². The largest absolute Gasteiger partial charge is 0.598 e. The van der Waals surface area contributed by atoms with Gasteiger partial charge >= 0.3 is 12.1 Å². The lowest BCUT2D eigenvalue weighted by atomic mass is 9.74. The molecule has 1 unspecified atom stereocenters. The van der Waals surface area contributed by atoms with Crippen LogP contribution in [0.25, 0.3) is 11.3 Å². The first kappa shape index (κ1) is 28.5. The molecule has 200 valence electrons. The molecule has 1 aliphatic rings. The summed E-state index contributed by atoms with van der Waals surface area (Å²) in [4.78, 5) is 15.2. The van der Waals surface area contributed by atoms with Gasteiger partial charge in [-0.15, -0.1) is 4.72 Å². The van der Waals surface area contributed by atoms with E-state index in [2.05, 4.69) is 14.9 Å². The van der Waals surface area contributed by atoms with E-state index in [0.717, 1.165) is 26.7 Å². The van der Waals surface area contributed by atoms with Gasteiger partial charge in [0.05, 0.1) is 23.8 Å². The summed E-state index contributed by atoms with van der Waals surface area (Å²) in [6, 6.07) is 6.78. The second kappa shape index (κ2) is 9.98. The zero-order chi connectivity index (χ0) is 27.1. The Balaban J connectivity index is 2.11. The second-order valence-electron chi connectivity index (χ2n) is 11.3. The maximum atomic E-state index is 14.1. The summed E-state index contributed by atoms with van der Waals surface area (Å²) in [5.41, 5.74) is -2.79. The van der Waals surface area contributed by atoms with Crippen LogP contribution < -0.4 is 4.72 Å². The van der Waals surface area contributed by atoms with Gasteiger partial charge in [-0.1, -0.05) is 38.1 Å². The minimum atomic E-state index is -4.62. The third kappa shape index (κ3) is 6.23. The van der Waals surface area contributed by atoms with Crippen molar-refractivity contribution in [2.24, 2.45) is 5.41 Å². The predicted octanol–water partition coefficient (Wildman–Crippen LogP) is 5.46. The SMILES string of the molecule is CC(C)OC(=O)[C@](CC(C)(C)C(F)(F)F)(N[S+]([O-])C(C)(C)C)c1ccc(-c2cnn(C3CC3)n2)cc1. The average molecular weight is 529 g/mol. The van der Waals surface area contributed by atoms with E-state index in [9.17, 15) is 22.5 Å². The first-order valence-corrected chi connectivity index (χ1v) is 13.1. The maximum absolute atomic E-state index is 14.1. The summed E-state index contributed by atoms with van der Waals surface area (Å²) in [5.74, 6) is -0.917. The molecule has 11 heteroatoms. The fourth-order valence-electron chi connectivity index (χ4n) is 3.63. The molecule has 1 aliphatic carbocycles. The molecule has 2 atom stereocenters. The number of hydrogen-bond acceptors (Lipinski definition) is 6. The van der Waals surface area contributed by atoms with Crippen LogP contribution >= 0.6 is 0 Å². The number of benzene rings is 1. The van der Waals surface area contributed by atoms with Gasteiger partial charge in [0.1, 0.15) is 10.4 Å². The summed E-state index contributed by atoms with van der Waals surface area (Å²) >= 11 is -1.88. The van der Waals surface area contributed by atoms with Crippen LogP contribution in [-0.2, 0) is 26.4 Å². The third-order valence-electron chi connectivity index (χ3n) is 6.04. The lowest BCUT2D eigenvalue weighted by Crippen LogP contribution is -2.59. The van der Waals surface area contributed by atoms with E-state index < -0.39 is 51.7 Å². The fourth-order valence-corrected chi connectivity index (χ4v) is 4.53. The number of nitrogens with one attached hydrogen (secondary N) is 1. The number of hydrogen-bond donors (Lipinski definition) is 1. The lowest BCUT2D eigenvalue weighted by Gasteiger charge is -2.41. The average Bonchev–Trinajstić information content (AvgIpc) is 3.47. The molecule has 1 heterocycles. The number of carbonyl (C=O) groups excluding carboxylic acids is 1. The highest BCUT2D eigenvalue weighted by atomic mass is 32.2. The molecule has 2 aromatic rings. The highest BCUT2D eigenvalue weighted by Crippen LogP contribution is 2.47. The normalized spacial score (nSPS) is 17.7. The highest BCUT2D eigenvalue weighted by Gasteiger charge is 2.58. The Morgan fingerprint density at radius 3 is 2.22 bits per heavy atom. The molecule has 7 nitrogen and oxygen atoms in total. The molecule has 1 fully saturated rings. The Bertz CT molecular complexity index is 1060. The molecule has 0 spiro atoms. The standard InChI is InChI=1S/C25H35F3N4O3S/c1-16(2)35-21(33)24(31-36(34)22(3,4)5,15-23(6,7)25(26,27)28)18-10-8-17(9-11-18)20-14-29-32(30-20)19-12-13-19/h8-11,14,16,19,31H,12-13,15H2,1-7H3/t24-,36?/m1/s1. The molecule has 0 amide bonds. The van der Waals surface area contributed by atoms with Gasteiger partial charge in [-0.3, -0.25) is 0 Å². The molecule has 0 radical (unpaired) electrons. The Labute approximate surface area is 213 Å². The number of halogens is 3. The predicted molar refractivity (Wildman–Crippen MR) is 132 cm³/mol. The van der Waals surface area contributed by atoms with Crippen molar-refractivity contribution in [2.75, 3.05) is 0 Å². The molecule has 3 rings (SSSR count). The summed E-state index contributed by atoms with van der Waals surface area (Å²) in [6.45, 7) is 10.3. The number of ether oxygens (including phenoxy) is 1. The molecule has 36 heavy (non-hydrogen) atoms. The molecule has 0 bridgehead atoms. The van der Waals surface area contributed by atoms with E-state index in [1.165, 1.54) is 0 Å². The number of aromatic nitrogens is 3. The van der Waals surface area contributed by atoms with Gasteiger partial charge in [0, 0.05) is 16.9 Å². The molecule has 1 saturated carbocycles. The molecule has 0 saturated heterocycles. The van der Waals surface area contributed by atoms with Crippen molar-refractivity contribution in [3.63, 3.8) is 0 Å². The number of carbonyl (C=O) groups is 1. The first-order valence-electron chi connectivity index (χ1n) is 12.0. The number of rotatable bonds is 9. The second-order valence-corrected chi connectivity index (χ2v) is 13.2. The Hall–Kier alpha value is -2.11. The summed E-state index contributed by atoms with van der Waals surface area (Å²) in [5, 5.41) is 8.76. The topological polar surface area (TPSA) is 92.1 Å². The minimum Gasteiger partial charge on any atom is -0.598 e. The number of nitrogens with zero attached hydrogens (tertiary/aromatic N) is 3. The molecular formula is C25H35F3N4O3S. The zero-order valence-electron chi connectivity index (χ0n) is 21.8. The van der Waals surface area contributed by atoms with Crippen molar-refractivity contribution in [1.82, 2.24) is 19.7 Å². The lowest BCUT2D eigenvalue weighted by molar-refractivity contribution is -0.220. The van der Waals surface area contributed by atoms with Gasteiger partial charge in [-0.25, -0.2) is 4.79 Å². The highest BCUT2D eigenvalue weighted by molar-refractivity contribution is 7.90. The summed E-state index contributed by atoms with van der Waals surface area (Å²) in [6.07, 6.45) is -2.24. The van der Waals surface area contributed by atoms with Crippen LogP contribution in [0.1, 0.15) is 79.3 Å². The van der Waals surface area contributed by atoms with Crippen LogP contribution in [0.4, 0.5) is 13.2 Å². The molecule has 1 aromatic carbocycles. The molecule has 1 N–H and O–H groups in total. The minimum absolute atomic E-state index is 0.224. The van der Waals surface area contributed by atoms with Crippen molar-refractivity contribution in [1.29, 1.82) is 0 Å². The van der Waals surface area contributed by atoms with E-state index >= 15 is 0 Å². The van der Waals surface area contributed by atoms with Crippen molar-refractivity contribution in [2.45, 2.75) is 96.3 Å². The van der Waals surface area contributed by atoms with Crippen LogP contribution in [0.5, 0.6) is 0 Å². The smallest absolute Gasteiger partial charge is 0.394 e. The van der Waals surface area contributed by atoms with E-state index in [0.29, 0.717) is 17.3 Å². The van der Waals surface area contributed by atoms with Gasteiger partial charge < -0.3 is 9.29 Å². The quantitative estimate of drug-likeness (QED) is 0.343. The summed E-state index contributed by atoms with van der Waals surface area (Å²) in [7, 11) is 0. The Morgan fingerprint density at radius 2 is 1.75 bits per heavy atom. The van der Waals surface area contributed by atoms with Crippen LogP contribution in [-0.4, -0.2) is 42.5 Å². The molecule has 1 aromatic heterocycles. The number of alkyl halides is 3. The van der Waals surface area contributed by atoms with Crippen molar-refractivity contribution in [3.05, 3.63) is 36.0 Å². The molecular weight excluding hydrogens is 493 g/mol. The van der Waals surface area contributed by atoms with Crippen molar-refractivity contribution >= 4 is 17.3 Å². The fraction of sp³-hybridized carbons (Fsp3) is 0.640. The first-order chi connectivity index (χ1) is 16.5. The van der Waals surface area contributed by atoms with E-state index in [1.807, 2.05) is 0 Å². The Morgan fingerprint density at radius 1 is 1.17 bits per heavy atom. The Kier molecular flexibility index (Phi) is 7.89. The number of esters is 1. The zero-order valence-corrected chi connectivity index (χ0v) is 22.6. The van der Waals surface area contributed by atoms with Gasteiger partial charge in [-0.2, -0.15) is 28.2 Å². The maximum Gasteiger partial charge on any atom is 0.394 e. The van der Waals surface area contributed by atoms with Crippen LogP contribution in [0.2, 0.25) is 0 Å².